The van der Waals surface area contributed by atoms with Crippen LogP contribution in [0.2, 0.25) is 0 Å². The predicted molar refractivity (Wildman–Crippen MR) is 88.1 cm³/mol. The number of nitrogens with zero attached hydrogens (tertiary/aromatic N) is 2. The summed E-state index contributed by atoms with van der Waals surface area (Å²) in [7, 11) is 0. The summed E-state index contributed by atoms with van der Waals surface area (Å²) < 4.78 is 0. The summed E-state index contributed by atoms with van der Waals surface area (Å²) in [6.45, 7) is 0. The minimum absolute atomic E-state index is 0.223. The Morgan fingerprint density at radius 1 is 1.00 bits per heavy atom. The molecule has 4 nitrogen and oxygen atoms in total. The maximum absolute atomic E-state index is 12.0. The topological polar surface area (TPSA) is 54.4 Å². The minimum Gasteiger partial charge on any atom is -0.266 e. The molecule has 22 heavy (non-hydrogen) atoms. The standard InChI is InChI=1S/C17H13N3OS/c21-17(15-10-6-12-22-15)20-19-16(13-7-2-1-3-8-13)14-9-4-5-11-18-14/h1-12H,(H,20,21)/b19-16-. The van der Waals surface area contributed by atoms with Gasteiger partial charge in [0, 0.05) is 11.8 Å². The lowest BCUT2D eigenvalue weighted by Gasteiger charge is -2.06. The zero-order chi connectivity index (χ0) is 15.2. The van der Waals surface area contributed by atoms with Crippen molar-refractivity contribution < 1.29 is 4.79 Å². The second-order valence-corrected chi connectivity index (χ2v) is 5.41. The third-order valence-corrected chi connectivity index (χ3v) is 3.84. The number of aromatic nitrogens is 1. The highest BCUT2D eigenvalue weighted by atomic mass is 32.1. The molecule has 108 valence electrons. The van der Waals surface area contributed by atoms with Crippen molar-refractivity contribution in [1.82, 2.24) is 10.4 Å². The summed E-state index contributed by atoms with van der Waals surface area (Å²) in [6.07, 6.45) is 1.70. The molecule has 1 N–H and O–H groups in total. The molecule has 0 saturated heterocycles. The summed E-state index contributed by atoms with van der Waals surface area (Å²) in [4.78, 5) is 17.0. The third-order valence-electron chi connectivity index (χ3n) is 2.97. The maximum Gasteiger partial charge on any atom is 0.281 e. The first-order valence-corrected chi connectivity index (χ1v) is 7.61. The van der Waals surface area contributed by atoms with E-state index in [2.05, 4.69) is 15.5 Å². The van der Waals surface area contributed by atoms with Gasteiger partial charge in [-0.1, -0.05) is 42.5 Å². The van der Waals surface area contributed by atoms with E-state index in [1.165, 1.54) is 11.3 Å². The number of amides is 1. The van der Waals surface area contributed by atoms with Gasteiger partial charge in [0.25, 0.3) is 5.91 Å². The number of carbonyl (C=O) groups excluding carboxylic acids is 1. The van der Waals surface area contributed by atoms with Gasteiger partial charge in [0.15, 0.2) is 0 Å². The van der Waals surface area contributed by atoms with E-state index in [0.717, 1.165) is 5.56 Å². The largest absolute Gasteiger partial charge is 0.281 e. The molecule has 0 fully saturated rings. The highest BCUT2D eigenvalue weighted by molar-refractivity contribution is 7.12. The van der Waals surface area contributed by atoms with Crippen molar-refractivity contribution in [3.8, 4) is 0 Å². The number of pyridine rings is 1. The molecular formula is C17H13N3OS. The number of benzene rings is 1. The molecular weight excluding hydrogens is 294 g/mol. The first-order valence-electron chi connectivity index (χ1n) is 6.73. The fraction of sp³-hybridized carbons (Fsp3) is 0. The molecule has 3 rings (SSSR count). The molecule has 1 amide bonds. The van der Waals surface area contributed by atoms with Crippen LogP contribution in [0.25, 0.3) is 0 Å². The van der Waals surface area contributed by atoms with Crippen LogP contribution in [0.5, 0.6) is 0 Å². The molecule has 0 unspecified atom stereocenters. The van der Waals surface area contributed by atoms with Crippen LogP contribution in [-0.4, -0.2) is 16.6 Å². The summed E-state index contributed by atoms with van der Waals surface area (Å²) in [5, 5.41) is 6.14. The van der Waals surface area contributed by atoms with Gasteiger partial charge < -0.3 is 0 Å². The highest BCUT2D eigenvalue weighted by Gasteiger charge is 2.10. The lowest BCUT2D eigenvalue weighted by atomic mass is 10.1. The molecule has 2 heterocycles. The molecule has 0 saturated carbocycles. The van der Waals surface area contributed by atoms with Crippen LogP contribution >= 0.6 is 11.3 Å². The van der Waals surface area contributed by atoms with Crippen molar-refractivity contribution in [3.63, 3.8) is 0 Å². The minimum atomic E-state index is -0.223. The zero-order valence-electron chi connectivity index (χ0n) is 11.6. The summed E-state index contributed by atoms with van der Waals surface area (Å²) >= 11 is 1.38. The van der Waals surface area contributed by atoms with Crippen molar-refractivity contribution in [2.75, 3.05) is 0 Å². The SMILES string of the molecule is O=C(N/N=C(/c1ccccc1)c1ccccn1)c1cccs1. The van der Waals surface area contributed by atoms with E-state index >= 15 is 0 Å². The van der Waals surface area contributed by atoms with Crippen LogP contribution in [0.15, 0.2) is 77.3 Å². The van der Waals surface area contributed by atoms with E-state index in [9.17, 15) is 4.79 Å². The summed E-state index contributed by atoms with van der Waals surface area (Å²) in [5.74, 6) is -0.223. The second kappa shape index (κ2) is 6.78. The zero-order valence-corrected chi connectivity index (χ0v) is 12.5. The molecule has 1 aromatic carbocycles. The monoisotopic (exact) mass is 307 g/mol. The number of carbonyl (C=O) groups is 1. The Kier molecular flexibility index (Phi) is 4.36. The molecule has 3 aromatic rings. The van der Waals surface area contributed by atoms with Gasteiger partial charge >= 0.3 is 0 Å². The molecule has 5 heteroatoms. The van der Waals surface area contributed by atoms with Crippen molar-refractivity contribution in [3.05, 3.63) is 88.4 Å². The molecule has 0 spiro atoms. The van der Waals surface area contributed by atoms with Crippen LogP contribution in [-0.2, 0) is 0 Å². The Morgan fingerprint density at radius 3 is 2.50 bits per heavy atom. The predicted octanol–water partition coefficient (Wildman–Crippen LogP) is 3.33. The Hall–Kier alpha value is -2.79. The summed E-state index contributed by atoms with van der Waals surface area (Å²) in [6, 6.07) is 18.9. The van der Waals surface area contributed by atoms with Crippen molar-refractivity contribution in [1.29, 1.82) is 0 Å². The van der Waals surface area contributed by atoms with E-state index in [1.807, 2.05) is 60.0 Å². The second-order valence-electron chi connectivity index (χ2n) is 4.46. The van der Waals surface area contributed by atoms with Crippen LogP contribution < -0.4 is 5.43 Å². The van der Waals surface area contributed by atoms with E-state index in [4.69, 9.17) is 0 Å². The van der Waals surface area contributed by atoms with Crippen LogP contribution in [0.3, 0.4) is 0 Å². The number of thiophene rings is 1. The number of nitrogens with one attached hydrogen (secondary N) is 1. The Balaban J connectivity index is 1.92. The van der Waals surface area contributed by atoms with E-state index < -0.39 is 0 Å². The van der Waals surface area contributed by atoms with Crippen LogP contribution in [0.1, 0.15) is 20.9 Å². The van der Waals surface area contributed by atoms with Gasteiger partial charge in [0.2, 0.25) is 0 Å². The number of hydrogen-bond acceptors (Lipinski definition) is 4. The van der Waals surface area contributed by atoms with Crippen LogP contribution in [0.4, 0.5) is 0 Å². The van der Waals surface area contributed by atoms with Crippen molar-refractivity contribution >= 4 is 23.0 Å². The van der Waals surface area contributed by atoms with E-state index in [0.29, 0.717) is 16.3 Å². The van der Waals surface area contributed by atoms with Gasteiger partial charge in [-0.15, -0.1) is 11.3 Å². The molecule has 0 atom stereocenters. The molecule has 2 aromatic heterocycles. The third kappa shape index (κ3) is 3.27. The number of hydrogen-bond donors (Lipinski definition) is 1. The van der Waals surface area contributed by atoms with Crippen LogP contribution in [0, 0.1) is 0 Å². The molecule has 0 aliphatic carbocycles. The maximum atomic E-state index is 12.0. The van der Waals surface area contributed by atoms with Crippen molar-refractivity contribution in [2.45, 2.75) is 0 Å². The first kappa shape index (κ1) is 14.2. The van der Waals surface area contributed by atoms with E-state index in [1.54, 1.807) is 12.3 Å². The van der Waals surface area contributed by atoms with Crippen molar-refractivity contribution in [2.24, 2.45) is 5.10 Å². The fourth-order valence-electron chi connectivity index (χ4n) is 1.94. The lowest BCUT2D eigenvalue weighted by molar-refractivity contribution is 0.0959. The number of rotatable bonds is 4. The molecule has 0 bridgehead atoms. The fourth-order valence-corrected chi connectivity index (χ4v) is 2.55. The van der Waals surface area contributed by atoms with Gasteiger partial charge in [0.05, 0.1) is 10.6 Å². The van der Waals surface area contributed by atoms with Gasteiger partial charge in [-0.25, -0.2) is 5.43 Å². The molecule has 0 aliphatic heterocycles. The quantitative estimate of drug-likeness (QED) is 0.594. The average molecular weight is 307 g/mol. The molecule has 0 aliphatic rings. The Morgan fingerprint density at radius 2 is 1.82 bits per heavy atom. The Bertz CT molecular complexity index is 727. The van der Waals surface area contributed by atoms with Gasteiger partial charge in [-0.05, 0) is 23.6 Å². The van der Waals surface area contributed by atoms with E-state index in [-0.39, 0.29) is 5.91 Å². The molecule has 0 radical (unpaired) electrons. The lowest BCUT2D eigenvalue weighted by Crippen LogP contribution is -2.20. The first-order chi connectivity index (χ1) is 10.8. The Labute approximate surface area is 132 Å². The normalized spacial score (nSPS) is 11.2. The number of hydrazone groups is 1. The van der Waals surface area contributed by atoms with Gasteiger partial charge in [-0.3, -0.25) is 9.78 Å². The average Bonchev–Trinajstić information content (AvgIpc) is 3.11. The summed E-state index contributed by atoms with van der Waals surface area (Å²) in [5.41, 5.74) is 4.84. The van der Waals surface area contributed by atoms with Gasteiger partial charge in [-0.2, -0.15) is 5.10 Å². The highest BCUT2D eigenvalue weighted by Crippen LogP contribution is 2.10. The van der Waals surface area contributed by atoms with Gasteiger partial charge in [0.1, 0.15) is 5.71 Å². The smallest absolute Gasteiger partial charge is 0.266 e.